The third kappa shape index (κ3) is 5.21. The number of rotatable bonds is 6. The summed E-state index contributed by atoms with van der Waals surface area (Å²) in [6, 6.07) is 6.04. The lowest BCUT2D eigenvalue weighted by atomic mass is 10.1. The molecule has 1 aromatic rings. The van der Waals surface area contributed by atoms with Gasteiger partial charge in [-0.05, 0) is 24.7 Å². The van der Waals surface area contributed by atoms with Crippen LogP contribution in [-0.2, 0) is 20.9 Å². The van der Waals surface area contributed by atoms with Crippen molar-refractivity contribution in [2.24, 2.45) is 0 Å². The summed E-state index contributed by atoms with van der Waals surface area (Å²) in [6.07, 6.45) is 0. The maximum absolute atomic E-state index is 12.6. The van der Waals surface area contributed by atoms with E-state index in [1.165, 1.54) is 5.56 Å². The van der Waals surface area contributed by atoms with Crippen molar-refractivity contribution >= 4 is 11.8 Å². The van der Waals surface area contributed by atoms with Crippen molar-refractivity contribution in [3.8, 4) is 11.5 Å². The predicted octanol–water partition coefficient (Wildman–Crippen LogP) is -0.150. The highest BCUT2D eigenvalue weighted by molar-refractivity contribution is 5.81. The van der Waals surface area contributed by atoms with Gasteiger partial charge in [0.1, 0.15) is 0 Å². The van der Waals surface area contributed by atoms with E-state index in [9.17, 15) is 9.59 Å². The molecule has 3 aliphatic rings. The number of hydrogen-bond acceptors (Lipinski definition) is 7. The van der Waals surface area contributed by atoms with Crippen LogP contribution in [0.1, 0.15) is 5.56 Å². The van der Waals surface area contributed by atoms with E-state index in [2.05, 4.69) is 11.0 Å². The lowest BCUT2D eigenvalue weighted by molar-refractivity contribution is -0.138. The van der Waals surface area contributed by atoms with E-state index >= 15 is 0 Å². The number of piperazine rings is 1. The van der Waals surface area contributed by atoms with Gasteiger partial charge in [-0.3, -0.25) is 19.4 Å². The van der Waals surface area contributed by atoms with E-state index in [4.69, 9.17) is 14.2 Å². The number of carbonyl (C=O) groups excluding carboxylic acids is 2. The monoisotopic (exact) mass is 418 g/mol. The van der Waals surface area contributed by atoms with E-state index in [-0.39, 0.29) is 31.7 Å². The van der Waals surface area contributed by atoms with Crippen LogP contribution in [0.2, 0.25) is 0 Å². The zero-order chi connectivity index (χ0) is 20.9. The van der Waals surface area contributed by atoms with Gasteiger partial charge in [-0.2, -0.15) is 0 Å². The first-order chi connectivity index (χ1) is 14.6. The predicted molar refractivity (Wildman–Crippen MR) is 109 cm³/mol. The van der Waals surface area contributed by atoms with Gasteiger partial charge in [0.15, 0.2) is 11.5 Å². The summed E-state index contributed by atoms with van der Waals surface area (Å²) in [5.41, 5.74) is 1.18. The van der Waals surface area contributed by atoms with Crippen LogP contribution in [0.15, 0.2) is 18.2 Å². The fourth-order valence-electron chi connectivity index (χ4n) is 3.98. The van der Waals surface area contributed by atoms with Crippen LogP contribution in [-0.4, -0.2) is 111 Å². The van der Waals surface area contributed by atoms with E-state index in [1.807, 2.05) is 24.1 Å². The highest BCUT2D eigenvalue weighted by Crippen LogP contribution is 2.32. The Morgan fingerprint density at radius 1 is 0.900 bits per heavy atom. The number of ether oxygens (including phenoxy) is 3. The fourth-order valence-corrected chi connectivity index (χ4v) is 3.98. The Morgan fingerprint density at radius 3 is 2.23 bits per heavy atom. The van der Waals surface area contributed by atoms with Crippen LogP contribution in [0.5, 0.6) is 11.5 Å². The second-order valence-corrected chi connectivity index (χ2v) is 8.01. The second-order valence-electron chi connectivity index (χ2n) is 8.01. The minimum absolute atomic E-state index is 0.0575. The first kappa shape index (κ1) is 20.9. The molecule has 4 rings (SSSR count). The molecular weight excluding hydrogens is 388 g/mol. The van der Waals surface area contributed by atoms with Gasteiger partial charge in [0.2, 0.25) is 18.6 Å². The van der Waals surface area contributed by atoms with Gasteiger partial charge in [0.05, 0.1) is 26.3 Å². The van der Waals surface area contributed by atoms with Gasteiger partial charge in [0.25, 0.3) is 0 Å². The Hall–Kier alpha value is -2.36. The quantitative estimate of drug-likeness (QED) is 0.636. The molecule has 3 aliphatic heterocycles. The van der Waals surface area contributed by atoms with E-state index < -0.39 is 0 Å². The van der Waals surface area contributed by atoms with Crippen molar-refractivity contribution in [2.75, 3.05) is 79.4 Å². The van der Waals surface area contributed by atoms with Crippen LogP contribution in [0.3, 0.4) is 0 Å². The van der Waals surface area contributed by atoms with Crippen LogP contribution in [0, 0.1) is 0 Å². The summed E-state index contributed by atoms with van der Waals surface area (Å²) in [5, 5.41) is 0. The molecule has 2 saturated heterocycles. The third-order valence-electron chi connectivity index (χ3n) is 5.74. The van der Waals surface area contributed by atoms with Gasteiger partial charge in [-0.15, -0.1) is 0 Å². The van der Waals surface area contributed by atoms with Crippen molar-refractivity contribution in [3.05, 3.63) is 23.8 Å². The van der Waals surface area contributed by atoms with Gasteiger partial charge in [0, 0.05) is 45.8 Å². The number of carbonyl (C=O) groups is 2. The molecule has 9 heteroatoms. The lowest BCUT2D eigenvalue weighted by Gasteiger charge is -2.35. The van der Waals surface area contributed by atoms with Crippen LogP contribution in [0.25, 0.3) is 0 Å². The molecule has 30 heavy (non-hydrogen) atoms. The molecule has 2 fully saturated rings. The third-order valence-corrected chi connectivity index (χ3v) is 5.74. The van der Waals surface area contributed by atoms with Crippen molar-refractivity contribution in [1.82, 2.24) is 19.6 Å². The zero-order valence-corrected chi connectivity index (χ0v) is 17.5. The van der Waals surface area contributed by atoms with Crippen LogP contribution < -0.4 is 9.47 Å². The molecule has 0 saturated carbocycles. The number of fused-ring (bicyclic) bond motifs is 1. The minimum atomic E-state index is 0.0575. The molecule has 1 aromatic carbocycles. The molecule has 164 valence electrons. The first-order valence-electron chi connectivity index (χ1n) is 10.5. The molecule has 2 amide bonds. The molecule has 0 radical (unpaired) electrons. The standard InChI is InChI=1S/C21H30N4O5/c1-22(15-21(27)25-8-10-28-11-9-25)14-20(26)24-6-4-23(5-7-24)13-17-2-3-18-19(12-17)30-16-29-18/h2-3,12H,4-11,13-16H2,1H3. The Kier molecular flexibility index (Phi) is 6.71. The number of morpholine rings is 1. The van der Waals surface area contributed by atoms with Crippen LogP contribution >= 0.6 is 0 Å². The molecule has 0 aliphatic carbocycles. The Labute approximate surface area is 177 Å². The zero-order valence-electron chi connectivity index (χ0n) is 17.5. The number of amides is 2. The largest absolute Gasteiger partial charge is 0.454 e. The summed E-state index contributed by atoms with van der Waals surface area (Å²) in [7, 11) is 1.83. The van der Waals surface area contributed by atoms with Crippen molar-refractivity contribution in [2.45, 2.75) is 6.54 Å². The number of benzene rings is 1. The SMILES string of the molecule is CN(CC(=O)N1CCOCC1)CC(=O)N1CCN(Cc2ccc3c(c2)OCO3)CC1. The Bertz CT molecular complexity index is 760. The van der Waals surface area contributed by atoms with E-state index in [1.54, 1.807) is 9.80 Å². The molecule has 0 bridgehead atoms. The molecular formula is C21H30N4O5. The summed E-state index contributed by atoms with van der Waals surface area (Å²) in [6.45, 7) is 7.14. The second kappa shape index (κ2) is 9.63. The molecule has 3 heterocycles. The summed E-state index contributed by atoms with van der Waals surface area (Å²) in [5.74, 6) is 1.73. The number of hydrogen-bond donors (Lipinski definition) is 0. The van der Waals surface area contributed by atoms with E-state index in [0.29, 0.717) is 39.4 Å². The molecule has 0 atom stereocenters. The fraction of sp³-hybridized carbons (Fsp3) is 0.619. The highest BCUT2D eigenvalue weighted by atomic mass is 16.7. The van der Waals surface area contributed by atoms with Crippen molar-refractivity contribution < 1.29 is 23.8 Å². The average molecular weight is 418 g/mol. The van der Waals surface area contributed by atoms with Gasteiger partial charge in [-0.25, -0.2) is 0 Å². The Balaban J connectivity index is 1.19. The van der Waals surface area contributed by atoms with Crippen molar-refractivity contribution in [3.63, 3.8) is 0 Å². The smallest absolute Gasteiger partial charge is 0.236 e. The lowest BCUT2D eigenvalue weighted by Crippen LogP contribution is -2.51. The summed E-state index contributed by atoms with van der Waals surface area (Å²) >= 11 is 0. The maximum atomic E-state index is 12.6. The van der Waals surface area contributed by atoms with Gasteiger partial charge in [-0.1, -0.05) is 6.07 Å². The minimum Gasteiger partial charge on any atom is -0.454 e. The average Bonchev–Trinajstić information content (AvgIpc) is 3.22. The van der Waals surface area contributed by atoms with Crippen molar-refractivity contribution in [1.29, 1.82) is 0 Å². The maximum Gasteiger partial charge on any atom is 0.236 e. The molecule has 0 unspecified atom stereocenters. The normalized spacial score (nSPS) is 19.4. The summed E-state index contributed by atoms with van der Waals surface area (Å²) < 4.78 is 16.1. The molecule has 9 nitrogen and oxygen atoms in total. The molecule has 0 N–H and O–H groups in total. The molecule has 0 spiro atoms. The van der Waals surface area contributed by atoms with Gasteiger partial charge < -0.3 is 24.0 Å². The molecule has 0 aromatic heterocycles. The summed E-state index contributed by atoms with van der Waals surface area (Å²) in [4.78, 5) is 32.8. The number of nitrogens with zero attached hydrogens (tertiary/aromatic N) is 4. The first-order valence-corrected chi connectivity index (χ1v) is 10.5. The van der Waals surface area contributed by atoms with Crippen LogP contribution in [0.4, 0.5) is 0 Å². The number of likely N-dealkylation sites (N-methyl/N-ethyl adjacent to an activating group) is 1. The topological polar surface area (TPSA) is 74.8 Å². The van der Waals surface area contributed by atoms with E-state index in [0.717, 1.165) is 31.1 Å². The Morgan fingerprint density at radius 2 is 1.53 bits per heavy atom. The highest BCUT2D eigenvalue weighted by Gasteiger charge is 2.24. The van der Waals surface area contributed by atoms with Gasteiger partial charge >= 0.3 is 0 Å².